The number of para-hydroxylation sites is 1. The minimum atomic E-state index is -0.339. The van der Waals surface area contributed by atoms with Crippen LogP contribution in [0.1, 0.15) is 13.3 Å². The van der Waals surface area contributed by atoms with Gasteiger partial charge in [-0.1, -0.05) is 19.1 Å². The largest absolute Gasteiger partial charge is 0.486 e. The number of hydrogen-bond donors (Lipinski definition) is 2. The highest BCUT2D eigenvalue weighted by atomic mass is 127. The quantitative estimate of drug-likeness (QED) is 0.468. The van der Waals surface area contributed by atoms with Crippen molar-refractivity contribution >= 4 is 29.9 Å². The van der Waals surface area contributed by atoms with Crippen molar-refractivity contribution < 1.29 is 9.13 Å². The van der Waals surface area contributed by atoms with E-state index in [1.807, 2.05) is 6.92 Å². The summed E-state index contributed by atoms with van der Waals surface area (Å²) in [6, 6.07) is 6.42. The molecule has 1 rings (SSSR count). The number of halogens is 2. The van der Waals surface area contributed by atoms with Gasteiger partial charge in [-0.2, -0.15) is 0 Å². The SMILES string of the molecule is CCC(CNC(=NC)NC)Oc1ccccc1F.I. The van der Waals surface area contributed by atoms with E-state index in [0.717, 1.165) is 6.42 Å². The topological polar surface area (TPSA) is 45.7 Å². The summed E-state index contributed by atoms with van der Waals surface area (Å²) in [4.78, 5) is 4.00. The zero-order valence-electron chi connectivity index (χ0n) is 11.4. The smallest absolute Gasteiger partial charge is 0.190 e. The van der Waals surface area contributed by atoms with Crippen LogP contribution < -0.4 is 15.4 Å². The molecule has 0 aliphatic rings. The molecule has 0 fully saturated rings. The number of nitrogens with zero attached hydrogens (tertiary/aromatic N) is 1. The lowest BCUT2D eigenvalue weighted by Crippen LogP contribution is -2.40. The third-order valence-corrected chi connectivity index (χ3v) is 2.54. The van der Waals surface area contributed by atoms with Crippen molar-refractivity contribution in [1.29, 1.82) is 0 Å². The Kier molecular flexibility index (Phi) is 9.28. The van der Waals surface area contributed by atoms with Crippen LogP contribution in [0.3, 0.4) is 0 Å². The van der Waals surface area contributed by atoms with Crippen LogP contribution in [0, 0.1) is 5.82 Å². The van der Waals surface area contributed by atoms with Gasteiger partial charge in [0.2, 0.25) is 0 Å². The van der Waals surface area contributed by atoms with Gasteiger partial charge >= 0.3 is 0 Å². The van der Waals surface area contributed by atoms with Gasteiger partial charge in [-0.15, -0.1) is 24.0 Å². The van der Waals surface area contributed by atoms with Crippen molar-refractivity contribution in [2.75, 3.05) is 20.6 Å². The number of hydrogen-bond acceptors (Lipinski definition) is 2. The lowest BCUT2D eigenvalue weighted by Gasteiger charge is -2.19. The molecule has 0 heterocycles. The summed E-state index contributed by atoms with van der Waals surface area (Å²) in [7, 11) is 3.48. The van der Waals surface area contributed by atoms with E-state index >= 15 is 0 Å². The second-order valence-corrected chi connectivity index (χ2v) is 3.78. The third-order valence-electron chi connectivity index (χ3n) is 2.54. The fourth-order valence-corrected chi connectivity index (χ4v) is 1.48. The molecule has 0 bridgehead atoms. The molecule has 108 valence electrons. The maximum Gasteiger partial charge on any atom is 0.190 e. The molecule has 0 spiro atoms. The van der Waals surface area contributed by atoms with Crippen LogP contribution in [0.5, 0.6) is 5.75 Å². The Bertz CT molecular complexity index is 401. The summed E-state index contributed by atoms with van der Waals surface area (Å²) in [5, 5.41) is 6.02. The van der Waals surface area contributed by atoms with Gasteiger partial charge in [0.15, 0.2) is 17.5 Å². The van der Waals surface area contributed by atoms with Crippen LogP contribution in [0.15, 0.2) is 29.3 Å². The molecule has 1 aromatic rings. The molecule has 6 heteroatoms. The highest BCUT2D eigenvalue weighted by Crippen LogP contribution is 2.17. The monoisotopic (exact) mass is 381 g/mol. The summed E-state index contributed by atoms with van der Waals surface area (Å²) in [5.74, 6) is 0.630. The molecule has 4 nitrogen and oxygen atoms in total. The lowest BCUT2D eigenvalue weighted by molar-refractivity contribution is 0.191. The third kappa shape index (κ3) is 6.09. The first-order valence-corrected chi connectivity index (χ1v) is 6.00. The van der Waals surface area contributed by atoms with E-state index in [4.69, 9.17) is 4.74 Å². The van der Waals surface area contributed by atoms with Crippen LogP contribution >= 0.6 is 24.0 Å². The summed E-state index contributed by atoms with van der Waals surface area (Å²) < 4.78 is 19.0. The van der Waals surface area contributed by atoms with Gasteiger partial charge in [-0.05, 0) is 18.6 Å². The number of rotatable bonds is 5. The normalized spacial score (nSPS) is 12.3. The zero-order valence-corrected chi connectivity index (χ0v) is 13.8. The van der Waals surface area contributed by atoms with E-state index in [2.05, 4.69) is 15.6 Å². The molecule has 0 aromatic heterocycles. The van der Waals surface area contributed by atoms with Gasteiger partial charge in [-0.3, -0.25) is 4.99 Å². The number of benzene rings is 1. The molecule has 1 atom stereocenters. The Labute approximate surface area is 130 Å². The van der Waals surface area contributed by atoms with Crippen molar-refractivity contribution in [3.05, 3.63) is 30.1 Å². The number of ether oxygens (including phenoxy) is 1. The van der Waals surface area contributed by atoms with Crippen LogP contribution in [0.2, 0.25) is 0 Å². The molecule has 1 unspecified atom stereocenters. The van der Waals surface area contributed by atoms with Crippen molar-refractivity contribution in [2.24, 2.45) is 4.99 Å². The average Bonchev–Trinajstić information content (AvgIpc) is 2.40. The first-order valence-electron chi connectivity index (χ1n) is 6.00. The van der Waals surface area contributed by atoms with Crippen LogP contribution in [-0.2, 0) is 0 Å². The second kappa shape index (κ2) is 9.82. The Balaban J connectivity index is 0.00000324. The van der Waals surface area contributed by atoms with Gasteiger partial charge in [0, 0.05) is 14.1 Å². The molecule has 0 aliphatic heterocycles. The predicted molar refractivity (Wildman–Crippen MR) is 86.9 cm³/mol. The highest BCUT2D eigenvalue weighted by Gasteiger charge is 2.11. The minimum Gasteiger partial charge on any atom is -0.486 e. The maximum atomic E-state index is 13.4. The average molecular weight is 381 g/mol. The van der Waals surface area contributed by atoms with E-state index in [0.29, 0.717) is 12.5 Å². The van der Waals surface area contributed by atoms with Crippen molar-refractivity contribution in [3.63, 3.8) is 0 Å². The fraction of sp³-hybridized carbons (Fsp3) is 0.462. The van der Waals surface area contributed by atoms with Gasteiger partial charge < -0.3 is 15.4 Å². The minimum absolute atomic E-state index is 0. The summed E-state index contributed by atoms with van der Waals surface area (Å²) >= 11 is 0. The van der Waals surface area contributed by atoms with Gasteiger partial charge in [0.1, 0.15) is 6.10 Å². The van der Waals surface area contributed by atoms with E-state index in [9.17, 15) is 4.39 Å². The molecular weight excluding hydrogens is 360 g/mol. The van der Waals surface area contributed by atoms with E-state index in [1.165, 1.54) is 6.07 Å². The van der Waals surface area contributed by atoms with Crippen molar-refractivity contribution in [3.8, 4) is 5.75 Å². The molecule has 0 saturated heterocycles. The first kappa shape index (κ1) is 17.9. The molecule has 19 heavy (non-hydrogen) atoms. The fourth-order valence-electron chi connectivity index (χ4n) is 1.48. The predicted octanol–water partition coefficient (Wildman–Crippen LogP) is 2.40. The molecule has 0 aliphatic carbocycles. The van der Waals surface area contributed by atoms with Crippen molar-refractivity contribution in [1.82, 2.24) is 10.6 Å². The lowest BCUT2D eigenvalue weighted by atomic mass is 10.2. The van der Waals surface area contributed by atoms with Crippen LogP contribution in [-0.4, -0.2) is 32.7 Å². The van der Waals surface area contributed by atoms with Gasteiger partial charge in [0.05, 0.1) is 6.54 Å². The standard InChI is InChI=1S/C13H20FN3O.HI/c1-4-10(9-17-13(15-2)16-3)18-12-8-6-5-7-11(12)14;/h5-8,10H,4,9H2,1-3H3,(H2,15,16,17);1H. The van der Waals surface area contributed by atoms with Crippen LogP contribution in [0.4, 0.5) is 4.39 Å². The molecule has 0 radical (unpaired) electrons. The highest BCUT2D eigenvalue weighted by molar-refractivity contribution is 14.0. The number of nitrogens with one attached hydrogen (secondary N) is 2. The Morgan fingerprint density at radius 3 is 2.63 bits per heavy atom. The van der Waals surface area contributed by atoms with Gasteiger partial charge in [0.25, 0.3) is 0 Å². The van der Waals surface area contributed by atoms with Gasteiger partial charge in [-0.25, -0.2) is 4.39 Å². The molecule has 0 saturated carbocycles. The summed E-state index contributed by atoms with van der Waals surface area (Å²) in [6.07, 6.45) is 0.675. The molecule has 1 aromatic carbocycles. The number of guanidine groups is 1. The molecule has 0 amide bonds. The molecule has 2 N–H and O–H groups in total. The van der Waals surface area contributed by atoms with E-state index in [1.54, 1.807) is 32.3 Å². The first-order chi connectivity index (χ1) is 8.71. The summed E-state index contributed by atoms with van der Waals surface area (Å²) in [6.45, 7) is 2.56. The Morgan fingerprint density at radius 1 is 1.42 bits per heavy atom. The maximum absolute atomic E-state index is 13.4. The second-order valence-electron chi connectivity index (χ2n) is 3.78. The van der Waals surface area contributed by atoms with E-state index in [-0.39, 0.29) is 41.6 Å². The number of aliphatic imine (C=N–C) groups is 1. The Morgan fingerprint density at radius 2 is 2.11 bits per heavy atom. The zero-order chi connectivity index (χ0) is 13.4. The van der Waals surface area contributed by atoms with Crippen molar-refractivity contribution in [2.45, 2.75) is 19.4 Å². The van der Waals surface area contributed by atoms with Crippen LogP contribution in [0.25, 0.3) is 0 Å². The molecular formula is C13H21FIN3O. The van der Waals surface area contributed by atoms with E-state index < -0.39 is 0 Å². The summed E-state index contributed by atoms with van der Waals surface area (Å²) in [5.41, 5.74) is 0. The Hall–Kier alpha value is -1.05.